The molecule has 0 fully saturated rings. The molecule has 0 saturated heterocycles. The summed E-state index contributed by atoms with van der Waals surface area (Å²) in [6.45, 7) is -0.366. The van der Waals surface area contributed by atoms with Crippen molar-refractivity contribution in [2.24, 2.45) is 0 Å². The van der Waals surface area contributed by atoms with Gasteiger partial charge in [-0.25, -0.2) is 4.98 Å². The molecule has 14 heavy (non-hydrogen) atoms. The third-order valence-corrected chi connectivity index (χ3v) is 2.76. The van der Waals surface area contributed by atoms with Crippen LogP contribution in [0.4, 0.5) is 0 Å². The van der Waals surface area contributed by atoms with Crippen LogP contribution in [-0.2, 0) is 0 Å². The number of rotatable bonds is 2. The van der Waals surface area contributed by atoms with E-state index in [4.69, 9.17) is 5.11 Å². The van der Waals surface area contributed by atoms with Crippen LogP contribution >= 0.6 is 11.3 Å². The number of aliphatic hydroxyl groups excluding tert-OH is 1. The van der Waals surface area contributed by atoms with Crippen LogP contribution in [0.1, 0.15) is 9.80 Å². The Morgan fingerprint density at radius 3 is 3.00 bits per heavy atom. The van der Waals surface area contributed by atoms with Crippen LogP contribution in [0.5, 0.6) is 0 Å². The van der Waals surface area contributed by atoms with E-state index in [1.54, 1.807) is 0 Å². The van der Waals surface area contributed by atoms with Crippen molar-refractivity contribution in [3.63, 3.8) is 0 Å². The lowest BCUT2D eigenvalue weighted by molar-refractivity contribution is 0.0910. The number of carbonyl (C=O) groups is 1. The van der Waals surface area contributed by atoms with Gasteiger partial charge in [0.2, 0.25) is 0 Å². The molecule has 0 aliphatic rings. The van der Waals surface area contributed by atoms with Crippen LogP contribution < -0.4 is 5.32 Å². The van der Waals surface area contributed by atoms with Gasteiger partial charge in [-0.05, 0) is 12.1 Å². The number of fused-ring (bicyclic) bond motifs is 1. The van der Waals surface area contributed by atoms with Crippen LogP contribution in [0.3, 0.4) is 0 Å². The molecule has 72 valence electrons. The third-order valence-electron chi connectivity index (χ3n) is 1.73. The molecule has 0 unspecified atom stereocenters. The molecule has 0 saturated carbocycles. The summed E-state index contributed by atoms with van der Waals surface area (Å²) in [7, 11) is 0. The Hall–Kier alpha value is -1.46. The SMILES string of the molecule is O=C(NCO)c1nc2ccccc2s1. The van der Waals surface area contributed by atoms with Gasteiger partial charge < -0.3 is 10.4 Å². The van der Waals surface area contributed by atoms with Gasteiger partial charge in [0, 0.05) is 0 Å². The number of hydrogen-bond donors (Lipinski definition) is 2. The first-order chi connectivity index (χ1) is 6.81. The van der Waals surface area contributed by atoms with E-state index < -0.39 is 0 Å². The van der Waals surface area contributed by atoms with Gasteiger partial charge in [-0.3, -0.25) is 4.79 Å². The second kappa shape index (κ2) is 3.73. The minimum atomic E-state index is -0.366. The zero-order valence-corrected chi connectivity index (χ0v) is 8.04. The standard InChI is InChI=1S/C9H8N2O2S/c12-5-10-8(13)9-11-6-3-1-2-4-7(6)14-9/h1-4,12H,5H2,(H,10,13). The molecular formula is C9H8N2O2S. The Morgan fingerprint density at radius 1 is 1.50 bits per heavy atom. The molecule has 4 nitrogen and oxygen atoms in total. The average molecular weight is 208 g/mol. The van der Waals surface area contributed by atoms with Gasteiger partial charge in [-0.1, -0.05) is 12.1 Å². The summed E-state index contributed by atoms with van der Waals surface area (Å²) in [6.07, 6.45) is 0. The summed E-state index contributed by atoms with van der Waals surface area (Å²) in [4.78, 5) is 15.4. The number of carbonyl (C=O) groups excluding carboxylic acids is 1. The highest BCUT2D eigenvalue weighted by molar-refractivity contribution is 7.20. The van der Waals surface area contributed by atoms with Crippen molar-refractivity contribution < 1.29 is 9.90 Å². The Labute approximate surface area is 84.2 Å². The lowest BCUT2D eigenvalue weighted by atomic mass is 10.3. The van der Waals surface area contributed by atoms with Gasteiger partial charge in [0.05, 0.1) is 10.2 Å². The molecule has 1 aromatic heterocycles. The summed E-state index contributed by atoms with van der Waals surface area (Å²) in [6, 6.07) is 7.52. The fourth-order valence-electron chi connectivity index (χ4n) is 1.12. The van der Waals surface area contributed by atoms with E-state index in [1.807, 2.05) is 24.3 Å². The molecule has 2 aromatic rings. The Bertz CT molecular complexity index is 434. The zero-order valence-electron chi connectivity index (χ0n) is 7.23. The van der Waals surface area contributed by atoms with Crippen molar-refractivity contribution in [1.29, 1.82) is 0 Å². The monoisotopic (exact) mass is 208 g/mol. The van der Waals surface area contributed by atoms with E-state index >= 15 is 0 Å². The van der Waals surface area contributed by atoms with E-state index in [-0.39, 0.29) is 12.6 Å². The molecule has 0 radical (unpaired) electrons. The molecule has 2 rings (SSSR count). The van der Waals surface area contributed by atoms with Crippen LogP contribution in [0.15, 0.2) is 24.3 Å². The number of thiazole rings is 1. The number of nitrogens with zero attached hydrogens (tertiary/aromatic N) is 1. The summed E-state index contributed by atoms with van der Waals surface area (Å²) >= 11 is 1.31. The van der Waals surface area contributed by atoms with Gasteiger partial charge in [0.15, 0.2) is 5.01 Å². The number of hydrogen-bond acceptors (Lipinski definition) is 4. The molecule has 1 heterocycles. The molecule has 0 aliphatic carbocycles. The maximum atomic E-state index is 11.3. The highest BCUT2D eigenvalue weighted by Gasteiger charge is 2.10. The molecule has 5 heteroatoms. The van der Waals surface area contributed by atoms with Crippen LogP contribution in [-0.4, -0.2) is 22.7 Å². The van der Waals surface area contributed by atoms with Gasteiger partial charge in [-0.15, -0.1) is 11.3 Å². The maximum Gasteiger partial charge on any atom is 0.282 e. The van der Waals surface area contributed by atoms with Crippen molar-refractivity contribution in [3.05, 3.63) is 29.3 Å². The smallest absolute Gasteiger partial charge is 0.282 e. The van der Waals surface area contributed by atoms with Crippen molar-refractivity contribution >= 4 is 27.5 Å². The van der Waals surface area contributed by atoms with Crippen molar-refractivity contribution in [2.75, 3.05) is 6.73 Å². The number of nitrogens with one attached hydrogen (secondary N) is 1. The minimum absolute atomic E-state index is 0.339. The molecule has 1 amide bonds. The van der Waals surface area contributed by atoms with E-state index in [1.165, 1.54) is 11.3 Å². The van der Waals surface area contributed by atoms with Crippen LogP contribution in [0.2, 0.25) is 0 Å². The predicted octanol–water partition coefficient (Wildman–Crippen LogP) is 0.976. The zero-order chi connectivity index (χ0) is 9.97. The second-order valence-electron chi connectivity index (χ2n) is 2.65. The molecule has 0 bridgehead atoms. The fraction of sp³-hybridized carbons (Fsp3) is 0.111. The molecule has 1 aromatic carbocycles. The fourth-order valence-corrected chi connectivity index (χ4v) is 2.00. The van der Waals surface area contributed by atoms with Crippen molar-refractivity contribution in [3.8, 4) is 0 Å². The molecule has 2 N–H and O–H groups in total. The first-order valence-corrected chi connectivity index (χ1v) is 4.87. The topological polar surface area (TPSA) is 62.2 Å². The third kappa shape index (κ3) is 1.59. The Morgan fingerprint density at radius 2 is 2.29 bits per heavy atom. The molecule has 0 aliphatic heterocycles. The largest absolute Gasteiger partial charge is 0.376 e. The van der Waals surface area contributed by atoms with Gasteiger partial charge in [0.1, 0.15) is 6.73 Å². The Kier molecular flexibility index (Phi) is 2.43. The highest BCUT2D eigenvalue weighted by Crippen LogP contribution is 2.21. The first kappa shape index (κ1) is 9.11. The minimum Gasteiger partial charge on any atom is -0.376 e. The number of benzene rings is 1. The van der Waals surface area contributed by atoms with Gasteiger partial charge in [0.25, 0.3) is 5.91 Å². The van der Waals surface area contributed by atoms with Crippen molar-refractivity contribution in [1.82, 2.24) is 10.3 Å². The number of aromatic nitrogens is 1. The van der Waals surface area contributed by atoms with E-state index in [2.05, 4.69) is 10.3 Å². The van der Waals surface area contributed by atoms with E-state index in [0.29, 0.717) is 5.01 Å². The van der Waals surface area contributed by atoms with Crippen LogP contribution in [0.25, 0.3) is 10.2 Å². The highest BCUT2D eigenvalue weighted by atomic mass is 32.1. The summed E-state index contributed by atoms with van der Waals surface area (Å²) in [5, 5.41) is 11.2. The first-order valence-electron chi connectivity index (χ1n) is 4.06. The average Bonchev–Trinajstić information content (AvgIpc) is 2.61. The summed E-state index contributed by atoms with van der Waals surface area (Å²) in [5.41, 5.74) is 0.806. The number of amides is 1. The second-order valence-corrected chi connectivity index (χ2v) is 3.68. The lowest BCUT2D eigenvalue weighted by Crippen LogP contribution is -2.23. The van der Waals surface area contributed by atoms with Crippen LogP contribution in [0, 0.1) is 0 Å². The number of para-hydroxylation sites is 1. The van der Waals surface area contributed by atoms with E-state index in [0.717, 1.165) is 10.2 Å². The van der Waals surface area contributed by atoms with E-state index in [9.17, 15) is 4.79 Å². The van der Waals surface area contributed by atoms with Crippen molar-refractivity contribution in [2.45, 2.75) is 0 Å². The molecule has 0 atom stereocenters. The maximum absolute atomic E-state index is 11.3. The molecule has 0 spiro atoms. The lowest BCUT2D eigenvalue weighted by Gasteiger charge is -1.94. The normalized spacial score (nSPS) is 10.4. The predicted molar refractivity (Wildman–Crippen MR) is 54.2 cm³/mol. The number of aliphatic hydroxyl groups is 1. The quantitative estimate of drug-likeness (QED) is 0.723. The molecular weight excluding hydrogens is 200 g/mol. The summed E-state index contributed by atoms with van der Waals surface area (Å²) < 4.78 is 0.968. The van der Waals surface area contributed by atoms with Gasteiger partial charge in [-0.2, -0.15) is 0 Å². The summed E-state index contributed by atoms with van der Waals surface area (Å²) in [5.74, 6) is -0.339. The van der Waals surface area contributed by atoms with Gasteiger partial charge >= 0.3 is 0 Å². The Balaban J connectivity index is 2.40.